The molecule has 1 aromatic carbocycles. The molecule has 2 aromatic rings. The molecule has 1 N–H and O–H groups in total. The van der Waals surface area contributed by atoms with E-state index >= 15 is 0 Å². The van der Waals surface area contributed by atoms with Crippen LogP contribution < -0.4 is 5.32 Å². The van der Waals surface area contributed by atoms with Gasteiger partial charge in [-0.2, -0.15) is 17.5 Å². The van der Waals surface area contributed by atoms with Crippen molar-refractivity contribution in [3.8, 4) is 0 Å². The van der Waals surface area contributed by atoms with Crippen molar-refractivity contribution in [1.82, 2.24) is 4.31 Å². The first-order valence-corrected chi connectivity index (χ1v) is 9.79. The number of hydrogen-bond acceptors (Lipinski definition) is 4. The second-order valence-electron chi connectivity index (χ2n) is 4.93. The van der Waals surface area contributed by atoms with E-state index in [0.717, 1.165) is 27.8 Å². The average Bonchev–Trinajstić information content (AvgIpc) is 3.03. The maximum Gasteiger partial charge on any atom is 0.417 e. The zero-order chi connectivity index (χ0) is 18.8. The summed E-state index contributed by atoms with van der Waals surface area (Å²) >= 11 is 3.81. The highest BCUT2D eigenvalue weighted by Crippen LogP contribution is 2.36. The number of nitrogens with zero attached hydrogens (tertiary/aromatic N) is 1. The number of rotatable bonds is 5. The number of sulfonamides is 1. The van der Waals surface area contributed by atoms with Crippen molar-refractivity contribution >= 4 is 48.9 Å². The molecular weight excluding hydrogens is 445 g/mol. The van der Waals surface area contributed by atoms with Gasteiger partial charge in [-0.25, -0.2) is 8.42 Å². The summed E-state index contributed by atoms with van der Waals surface area (Å²) in [5.41, 5.74) is -1.02. The summed E-state index contributed by atoms with van der Waals surface area (Å²) in [4.78, 5) is 12.0. The standard InChI is InChI=1S/C14H12BrF3N2O3S2/c1-20(25(22,23)13-3-2-6-24-13)8-12(21)19-9-4-5-11(15)10(7-9)14(16,17)18/h2-7H,8H2,1H3,(H,19,21). The number of benzene rings is 1. The Morgan fingerprint density at radius 3 is 2.56 bits per heavy atom. The number of likely N-dealkylation sites (N-methyl/N-ethyl adjacent to an activating group) is 1. The second kappa shape index (κ2) is 7.44. The first-order chi connectivity index (χ1) is 11.5. The zero-order valence-electron chi connectivity index (χ0n) is 12.7. The van der Waals surface area contributed by atoms with Gasteiger partial charge in [-0.05, 0) is 29.6 Å². The van der Waals surface area contributed by atoms with Crippen LogP contribution in [0.3, 0.4) is 0 Å². The molecule has 0 saturated heterocycles. The van der Waals surface area contributed by atoms with Gasteiger partial charge in [0.1, 0.15) is 4.21 Å². The fourth-order valence-electron chi connectivity index (χ4n) is 1.87. The summed E-state index contributed by atoms with van der Waals surface area (Å²) in [6.45, 7) is -0.530. The largest absolute Gasteiger partial charge is 0.417 e. The topological polar surface area (TPSA) is 66.5 Å². The van der Waals surface area contributed by atoms with Crippen molar-refractivity contribution in [2.75, 3.05) is 18.9 Å². The highest BCUT2D eigenvalue weighted by Gasteiger charge is 2.33. The summed E-state index contributed by atoms with van der Waals surface area (Å²) in [6.07, 6.45) is -4.58. The van der Waals surface area contributed by atoms with Crippen LogP contribution in [0.1, 0.15) is 5.56 Å². The van der Waals surface area contributed by atoms with Crippen LogP contribution in [0, 0.1) is 0 Å². The third-order valence-corrected chi connectivity index (χ3v) is 6.95. The monoisotopic (exact) mass is 456 g/mol. The van der Waals surface area contributed by atoms with Crippen molar-refractivity contribution in [2.45, 2.75) is 10.4 Å². The van der Waals surface area contributed by atoms with E-state index in [4.69, 9.17) is 0 Å². The number of nitrogens with one attached hydrogen (secondary N) is 1. The Bertz CT molecular complexity index is 868. The molecule has 2 rings (SSSR count). The normalized spacial score (nSPS) is 12.4. The predicted molar refractivity (Wildman–Crippen MR) is 91.9 cm³/mol. The summed E-state index contributed by atoms with van der Waals surface area (Å²) < 4.78 is 63.8. The number of alkyl halides is 3. The Kier molecular flexibility index (Phi) is 5.92. The van der Waals surface area contributed by atoms with Gasteiger partial charge < -0.3 is 5.32 Å². The number of carbonyl (C=O) groups excluding carboxylic acids is 1. The molecule has 0 spiro atoms. The summed E-state index contributed by atoms with van der Waals surface area (Å²) in [5, 5.41) is 3.85. The Morgan fingerprint density at radius 1 is 1.32 bits per heavy atom. The van der Waals surface area contributed by atoms with Crippen molar-refractivity contribution in [3.63, 3.8) is 0 Å². The summed E-state index contributed by atoms with van der Waals surface area (Å²) in [7, 11) is -2.60. The lowest BCUT2D eigenvalue weighted by molar-refractivity contribution is -0.138. The van der Waals surface area contributed by atoms with E-state index in [1.54, 1.807) is 11.4 Å². The molecular formula is C14H12BrF3N2O3S2. The molecule has 0 radical (unpaired) electrons. The van der Waals surface area contributed by atoms with Gasteiger partial charge in [0.05, 0.1) is 12.1 Å². The van der Waals surface area contributed by atoms with E-state index in [0.29, 0.717) is 0 Å². The van der Waals surface area contributed by atoms with E-state index in [9.17, 15) is 26.4 Å². The Labute approximate surface area is 154 Å². The predicted octanol–water partition coefficient (Wildman–Crippen LogP) is 3.79. The van der Waals surface area contributed by atoms with E-state index in [2.05, 4.69) is 21.2 Å². The van der Waals surface area contributed by atoms with Gasteiger partial charge in [0.15, 0.2) is 0 Å². The summed E-state index contributed by atoms with van der Waals surface area (Å²) in [5.74, 6) is -0.752. The molecule has 0 atom stereocenters. The molecule has 25 heavy (non-hydrogen) atoms. The number of amides is 1. The van der Waals surface area contributed by atoms with E-state index in [-0.39, 0.29) is 14.4 Å². The minimum absolute atomic E-state index is 0.0748. The lowest BCUT2D eigenvalue weighted by atomic mass is 10.2. The first kappa shape index (κ1) is 19.9. The van der Waals surface area contributed by atoms with Crippen molar-refractivity contribution in [3.05, 3.63) is 45.7 Å². The molecule has 1 heterocycles. The first-order valence-electron chi connectivity index (χ1n) is 6.68. The van der Waals surface area contributed by atoms with E-state index in [1.165, 1.54) is 19.2 Å². The minimum atomic E-state index is -4.58. The third kappa shape index (κ3) is 4.81. The van der Waals surface area contributed by atoms with E-state index < -0.39 is 34.2 Å². The fourth-order valence-corrected chi connectivity index (χ4v) is 4.67. The van der Waals surface area contributed by atoms with Crippen LogP contribution in [0.2, 0.25) is 0 Å². The highest BCUT2D eigenvalue weighted by atomic mass is 79.9. The van der Waals surface area contributed by atoms with Gasteiger partial charge in [0.25, 0.3) is 10.0 Å². The van der Waals surface area contributed by atoms with Gasteiger partial charge in [0.2, 0.25) is 5.91 Å². The molecule has 1 aromatic heterocycles. The molecule has 0 fully saturated rings. The number of hydrogen-bond donors (Lipinski definition) is 1. The number of carbonyl (C=O) groups is 1. The maximum absolute atomic E-state index is 12.9. The molecule has 0 aliphatic heterocycles. The second-order valence-corrected chi connectivity index (χ2v) is 9.01. The van der Waals surface area contributed by atoms with Gasteiger partial charge in [-0.1, -0.05) is 22.0 Å². The minimum Gasteiger partial charge on any atom is -0.325 e. The highest BCUT2D eigenvalue weighted by molar-refractivity contribution is 9.10. The Morgan fingerprint density at radius 2 is 2.00 bits per heavy atom. The zero-order valence-corrected chi connectivity index (χ0v) is 15.9. The van der Waals surface area contributed by atoms with Crippen LogP contribution in [0.5, 0.6) is 0 Å². The van der Waals surface area contributed by atoms with Crippen LogP contribution in [-0.2, 0) is 21.0 Å². The van der Waals surface area contributed by atoms with Gasteiger partial charge in [0, 0.05) is 17.2 Å². The number of anilines is 1. The molecule has 136 valence electrons. The number of halogens is 4. The van der Waals surface area contributed by atoms with Crippen LogP contribution in [-0.4, -0.2) is 32.2 Å². The summed E-state index contributed by atoms with van der Waals surface area (Å²) in [6, 6.07) is 6.18. The smallest absolute Gasteiger partial charge is 0.325 e. The van der Waals surface area contributed by atoms with Crippen LogP contribution in [0.4, 0.5) is 18.9 Å². The van der Waals surface area contributed by atoms with Crippen LogP contribution in [0.15, 0.2) is 44.4 Å². The molecule has 0 unspecified atom stereocenters. The quantitative estimate of drug-likeness (QED) is 0.743. The SMILES string of the molecule is CN(CC(=O)Nc1ccc(Br)c(C(F)(F)F)c1)S(=O)(=O)c1cccs1. The van der Waals surface area contributed by atoms with Crippen LogP contribution in [0.25, 0.3) is 0 Å². The van der Waals surface area contributed by atoms with Crippen molar-refractivity contribution < 1.29 is 26.4 Å². The van der Waals surface area contributed by atoms with Crippen LogP contribution >= 0.6 is 27.3 Å². The van der Waals surface area contributed by atoms with Gasteiger partial charge in [-0.15, -0.1) is 11.3 Å². The lowest BCUT2D eigenvalue weighted by Crippen LogP contribution is -2.34. The van der Waals surface area contributed by atoms with E-state index in [1.807, 2.05) is 0 Å². The number of thiophene rings is 1. The van der Waals surface area contributed by atoms with Crippen molar-refractivity contribution in [2.24, 2.45) is 0 Å². The molecule has 0 aliphatic rings. The molecule has 11 heteroatoms. The average molecular weight is 457 g/mol. The van der Waals surface area contributed by atoms with Gasteiger partial charge >= 0.3 is 6.18 Å². The Balaban J connectivity index is 2.11. The Hall–Kier alpha value is -1.43. The fraction of sp³-hybridized carbons (Fsp3) is 0.214. The molecule has 0 aliphatic carbocycles. The molecule has 1 amide bonds. The van der Waals surface area contributed by atoms with Crippen molar-refractivity contribution in [1.29, 1.82) is 0 Å². The molecule has 5 nitrogen and oxygen atoms in total. The third-order valence-electron chi connectivity index (χ3n) is 3.08. The lowest BCUT2D eigenvalue weighted by Gasteiger charge is -2.16. The maximum atomic E-state index is 12.9. The molecule has 0 bridgehead atoms. The molecule has 0 saturated carbocycles. The van der Waals surface area contributed by atoms with Gasteiger partial charge in [-0.3, -0.25) is 4.79 Å².